The molecular weight excluding hydrogens is 212 g/mol. The lowest BCUT2D eigenvalue weighted by atomic mass is 10.2. The summed E-state index contributed by atoms with van der Waals surface area (Å²) < 4.78 is 0. The standard InChI is InChI=1S/C10H9ClN4/c1-6-2-3-7(5-13-6)8-4-9(11)15-10(12)14-8/h2-5H,1H3,(H2,12,14,15). The number of halogens is 1. The number of nitrogens with zero attached hydrogens (tertiary/aromatic N) is 3. The van der Waals surface area contributed by atoms with Crippen LogP contribution in [0.15, 0.2) is 24.4 Å². The summed E-state index contributed by atoms with van der Waals surface area (Å²) in [7, 11) is 0. The molecule has 0 fully saturated rings. The second kappa shape index (κ2) is 3.82. The molecule has 0 aliphatic heterocycles. The van der Waals surface area contributed by atoms with Crippen molar-refractivity contribution in [3.8, 4) is 11.3 Å². The van der Waals surface area contributed by atoms with Crippen molar-refractivity contribution in [3.05, 3.63) is 35.2 Å². The Morgan fingerprint density at radius 2 is 2.07 bits per heavy atom. The second-order valence-corrected chi connectivity index (χ2v) is 3.51. The zero-order valence-electron chi connectivity index (χ0n) is 8.11. The van der Waals surface area contributed by atoms with Crippen molar-refractivity contribution < 1.29 is 0 Å². The van der Waals surface area contributed by atoms with Gasteiger partial charge in [-0.1, -0.05) is 11.6 Å². The number of hydrogen-bond acceptors (Lipinski definition) is 4. The van der Waals surface area contributed by atoms with E-state index in [0.717, 1.165) is 11.3 Å². The van der Waals surface area contributed by atoms with Crippen LogP contribution in [-0.2, 0) is 0 Å². The smallest absolute Gasteiger partial charge is 0.221 e. The van der Waals surface area contributed by atoms with E-state index >= 15 is 0 Å². The van der Waals surface area contributed by atoms with Gasteiger partial charge in [0.1, 0.15) is 5.15 Å². The van der Waals surface area contributed by atoms with Gasteiger partial charge in [0.2, 0.25) is 5.95 Å². The van der Waals surface area contributed by atoms with Gasteiger partial charge in [-0.2, -0.15) is 0 Å². The van der Waals surface area contributed by atoms with Crippen LogP contribution in [0.1, 0.15) is 5.69 Å². The highest BCUT2D eigenvalue weighted by Gasteiger charge is 2.03. The first-order valence-electron chi connectivity index (χ1n) is 4.38. The van der Waals surface area contributed by atoms with Gasteiger partial charge in [0, 0.05) is 23.5 Å². The molecule has 2 aromatic heterocycles. The Kier molecular flexibility index (Phi) is 2.51. The third-order valence-corrected chi connectivity index (χ3v) is 2.11. The van der Waals surface area contributed by atoms with Crippen LogP contribution in [-0.4, -0.2) is 15.0 Å². The fraction of sp³-hybridized carbons (Fsp3) is 0.100. The number of nitrogen functional groups attached to an aromatic ring is 1. The average Bonchev–Trinajstić information content (AvgIpc) is 2.17. The molecule has 76 valence electrons. The van der Waals surface area contributed by atoms with Gasteiger partial charge in [0.25, 0.3) is 0 Å². The maximum absolute atomic E-state index is 5.78. The Labute approximate surface area is 92.2 Å². The van der Waals surface area contributed by atoms with Gasteiger partial charge in [-0.05, 0) is 19.1 Å². The summed E-state index contributed by atoms with van der Waals surface area (Å²) >= 11 is 5.78. The highest BCUT2D eigenvalue weighted by molar-refractivity contribution is 6.29. The summed E-state index contributed by atoms with van der Waals surface area (Å²) in [5.41, 5.74) is 8.00. The molecule has 4 nitrogen and oxygen atoms in total. The highest BCUT2D eigenvalue weighted by Crippen LogP contribution is 2.19. The van der Waals surface area contributed by atoms with Crippen molar-refractivity contribution >= 4 is 17.5 Å². The Bertz CT molecular complexity index is 461. The molecule has 0 saturated heterocycles. The monoisotopic (exact) mass is 220 g/mol. The van der Waals surface area contributed by atoms with Gasteiger partial charge in [-0.15, -0.1) is 0 Å². The Hall–Kier alpha value is -1.68. The molecule has 2 rings (SSSR count). The van der Waals surface area contributed by atoms with Gasteiger partial charge >= 0.3 is 0 Å². The molecule has 0 aliphatic rings. The van der Waals surface area contributed by atoms with Crippen molar-refractivity contribution in [2.75, 3.05) is 5.73 Å². The fourth-order valence-corrected chi connectivity index (χ4v) is 1.39. The molecule has 0 amide bonds. The SMILES string of the molecule is Cc1ccc(-c2cc(Cl)nc(N)n2)cn1. The van der Waals surface area contributed by atoms with E-state index in [1.807, 2.05) is 19.1 Å². The number of nitrogens with two attached hydrogens (primary N) is 1. The Balaban J connectivity index is 2.49. The first-order chi connectivity index (χ1) is 7.15. The molecular formula is C10H9ClN4. The third kappa shape index (κ3) is 2.22. The second-order valence-electron chi connectivity index (χ2n) is 3.12. The number of pyridine rings is 1. The predicted octanol–water partition coefficient (Wildman–Crippen LogP) is 2.08. The number of aryl methyl sites for hydroxylation is 1. The first kappa shape index (κ1) is 9.86. The summed E-state index contributed by atoms with van der Waals surface area (Å²) in [4.78, 5) is 12.0. The maximum atomic E-state index is 5.78. The number of anilines is 1. The summed E-state index contributed by atoms with van der Waals surface area (Å²) in [5, 5.41) is 0.332. The van der Waals surface area contributed by atoms with Crippen molar-refractivity contribution in [1.29, 1.82) is 0 Å². The zero-order valence-corrected chi connectivity index (χ0v) is 8.86. The molecule has 2 heterocycles. The summed E-state index contributed by atoms with van der Waals surface area (Å²) in [6.07, 6.45) is 1.73. The van der Waals surface area contributed by atoms with Crippen molar-refractivity contribution in [2.45, 2.75) is 6.92 Å². The molecule has 15 heavy (non-hydrogen) atoms. The highest BCUT2D eigenvalue weighted by atomic mass is 35.5. The molecule has 0 bridgehead atoms. The third-order valence-electron chi connectivity index (χ3n) is 1.92. The Morgan fingerprint density at radius 3 is 2.67 bits per heavy atom. The molecule has 2 N–H and O–H groups in total. The van der Waals surface area contributed by atoms with Crippen LogP contribution in [0.3, 0.4) is 0 Å². The fourth-order valence-electron chi connectivity index (χ4n) is 1.20. The predicted molar refractivity (Wildman–Crippen MR) is 59.4 cm³/mol. The number of aromatic nitrogens is 3. The van der Waals surface area contributed by atoms with Gasteiger partial charge in [0.15, 0.2) is 0 Å². The van der Waals surface area contributed by atoms with E-state index in [2.05, 4.69) is 15.0 Å². The van der Waals surface area contributed by atoms with E-state index in [9.17, 15) is 0 Å². The van der Waals surface area contributed by atoms with Crippen molar-refractivity contribution in [1.82, 2.24) is 15.0 Å². The molecule has 0 unspecified atom stereocenters. The molecule has 0 saturated carbocycles. The Morgan fingerprint density at radius 1 is 1.27 bits per heavy atom. The van der Waals surface area contributed by atoms with Crippen LogP contribution in [0.5, 0.6) is 0 Å². The van der Waals surface area contributed by atoms with Crippen LogP contribution >= 0.6 is 11.6 Å². The lowest BCUT2D eigenvalue weighted by Gasteiger charge is -2.02. The molecule has 0 aromatic carbocycles. The molecule has 2 aromatic rings. The largest absolute Gasteiger partial charge is 0.368 e. The van der Waals surface area contributed by atoms with Crippen LogP contribution in [0.4, 0.5) is 5.95 Å². The van der Waals surface area contributed by atoms with Gasteiger partial charge in [-0.25, -0.2) is 9.97 Å². The summed E-state index contributed by atoms with van der Waals surface area (Å²) in [5.74, 6) is 0.165. The van der Waals surface area contributed by atoms with E-state index in [1.54, 1.807) is 12.3 Å². The summed E-state index contributed by atoms with van der Waals surface area (Å²) in [6.45, 7) is 1.92. The van der Waals surface area contributed by atoms with Gasteiger partial charge in [0.05, 0.1) is 5.69 Å². The average molecular weight is 221 g/mol. The van der Waals surface area contributed by atoms with Gasteiger partial charge < -0.3 is 5.73 Å². The molecule has 0 radical (unpaired) electrons. The van der Waals surface area contributed by atoms with E-state index in [4.69, 9.17) is 17.3 Å². The van der Waals surface area contributed by atoms with Crippen LogP contribution in [0.2, 0.25) is 5.15 Å². The first-order valence-corrected chi connectivity index (χ1v) is 4.76. The van der Waals surface area contributed by atoms with E-state index in [1.165, 1.54) is 0 Å². The minimum Gasteiger partial charge on any atom is -0.368 e. The van der Waals surface area contributed by atoms with Crippen LogP contribution < -0.4 is 5.73 Å². The summed E-state index contributed by atoms with van der Waals surface area (Å²) in [6, 6.07) is 5.48. The van der Waals surface area contributed by atoms with Crippen LogP contribution in [0, 0.1) is 6.92 Å². The topological polar surface area (TPSA) is 64.7 Å². The zero-order chi connectivity index (χ0) is 10.8. The van der Waals surface area contributed by atoms with Crippen molar-refractivity contribution in [2.24, 2.45) is 0 Å². The maximum Gasteiger partial charge on any atom is 0.221 e. The minimum absolute atomic E-state index is 0.165. The van der Waals surface area contributed by atoms with E-state index in [-0.39, 0.29) is 5.95 Å². The van der Waals surface area contributed by atoms with Crippen molar-refractivity contribution in [3.63, 3.8) is 0 Å². The van der Waals surface area contributed by atoms with Gasteiger partial charge in [-0.3, -0.25) is 4.98 Å². The molecule has 0 spiro atoms. The lowest BCUT2D eigenvalue weighted by molar-refractivity contribution is 1.16. The molecule has 5 heteroatoms. The quantitative estimate of drug-likeness (QED) is 0.748. The minimum atomic E-state index is 0.165. The molecule has 0 aliphatic carbocycles. The number of hydrogen-bond donors (Lipinski definition) is 1. The normalized spacial score (nSPS) is 10.3. The van der Waals surface area contributed by atoms with E-state index < -0.39 is 0 Å². The molecule has 0 atom stereocenters. The number of rotatable bonds is 1. The van der Waals surface area contributed by atoms with Crippen LogP contribution in [0.25, 0.3) is 11.3 Å². The lowest BCUT2D eigenvalue weighted by Crippen LogP contribution is -1.96. The van der Waals surface area contributed by atoms with E-state index in [0.29, 0.717) is 10.8 Å².